The van der Waals surface area contributed by atoms with Crippen LogP contribution >= 0.6 is 11.3 Å². The third kappa shape index (κ3) is 2.39. The molecule has 1 N–H and O–H groups in total. The van der Waals surface area contributed by atoms with Crippen molar-refractivity contribution in [3.05, 3.63) is 52.5 Å². The molecule has 2 heterocycles. The molecular formula is C14H10N4S. The number of aromatic nitrogens is 2. The highest BCUT2D eigenvalue weighted by Crippen LogP contribution is 2.20. The molecule has 3 aromatic rings. The first-order valence-corrected chi connectivity index (χ1v) is 6.66. The molecule has 0 aliphatic heterocycles. The second kappa shape index (κ2) is 5.04. The van der Waals surface area contributed by atoms with Gasteiger partial charge >= 0.3 is 0 Å². The Balaban J connectivity index is 1.95. The van der Waals surface area contributed by atoms with Crippen LogP contribution in [0.2, 0.25) is 0 Å². The van der Waals surface area contributed by atoms with Crippen LogP contribution < -0.4 is 5.32 Å². The van der Waals surface area contributed by atoms with Gasteiger partial charge in [0.1, 0.15) is 11.9 Å². The van der Waals surface area contributed by atoms with Crippen molar-refractivity contribution in [3.63, 3.8) is 0 Å². The number of rotatable bonds is 3. The second-order valence-electron chi connectivity index (χ2n) is 4.01. The number of benzene rings is 1. The summed E-state index contributed by atoms with van der Waals surface area (Å²) in [5.74, 6) is 0.620. The number of hydrogen-bond donors (Lipinski definition) is 1. The summed E-state index contributed by atoms with van der Waals surface area (Å²) in [5, 5.41) is 13.4. The van der Waals surface area contributed by atoms with Gasteiger partial charge in [0.2, 0.25) is 0 Å². The molecule has 92 valence electrons. The summed E-state index contributed by atoms with van der Waals surface area (Å²) in [7, 11) is 0. The average molecular weight is 266 g/mol. The minimum atomic E-state index is 0.559. The van der Waals surface area contributed by atoms with Crippen LogP contribution in [0.25, 0.3) is 10.9 Å². The highest BCUT2D eigenvalue weighted by Gasteiger charge is 2.06. The predicted molar refractivity (Wildman–Crippen MR) is 75.9 cm³/mol. The van der Waals surface area contributed by atoms with Gasteiger partial charge in [-0.15, -0.1) is 11.3 Å². The molecule has 0 aliphatic carbocycles. The first-order valence-electron chi connectivity index (χ1n) is 5.78. The Hall–Kier alpha value is -2.45. The van der Waals surface area contributed by atoms with E-state index in [1.807, 2.05) is 36.5 Å². The van der Waals surface area contributed by atoms with Crippen LogP contribution in [0.5, 0.6) is 0 Å². The van der Waals surface area contributed by atoms with E-state index in [0.29, 0.717) is 17.9 Å². The summed E-state index contributed by atoms with van der Waals surface area (Å²) in [6.45, 7) is 0.630. The summed E-state index contributed by atoms with van der Waals surface area (Å²) < 4.78 is 0. The maximum atomic E-state index is 9.20. The van der Waals surface area contributed by atoms with Crippen molar-refractivity contribution in [2.75, 3.05) is 5.32 Å². The fourth-order valence-corrected chi connectivity index (χ4v) is 2.37. The lowest BCUT2D eigenvalue weighted by atomic mass is 10.1. The van der Waals surface area contributed by atoms with Gasteiger partial charge < -0.3 is 5.32 Å². The monoisotopic (exact) mass is 266 g/mol. The van der Waals surface area contributed by atoms with Gasteiger partial charge in [0.15, 0.2) is 0 Å². The smallest absolute Gasteiger partial charge is 0.144 e. The minimum Gasteiger partial charge on any atom is -0.364 e. The van der Waals surface area contributed by atoms with E-state index in [0.717, 1.165) is 15.8 Å². The van der Waals surface area contributed by atoms with Gasteiger partial charge in [0.05, 0.1) is 23.1 Å². The number of anilines is 1. The fraction of sp³-hybridized carbons (Fsp3) is 0.0714. The third-order valence-corrected chi connectivity index (χ3v) is 3.54. The molecule has 0 aliphatic rings. The standard InChI is InChI=1S/C14H10N4S/c15-6-11-5-10-3-1-2-4-13(10)18-14(11)17-8-12-7-16-9-19-12/h1-5,7,9H,8H2,(H,17,18). The number of nitrogens with one attached hydrogen (secondary N) is 1. The number of hydrogen-bond acceptors (Lipinski definition) is 5. The Morgan fingerprint density at radius 2 is 2.21 bits per heavy atom. The zero-order valence-corrected chi connectivity index (χ0v) is 10.8. The number of nitrogens with zero attached hydrogens (tertiary/aromatic N) is 3. The fourth-order valence-electron chi connectivity index (χ4n) is 1.84. The zero-order valence-electron chi connectivity index (χ0n) is 10.00. The van der Waals surface area contributed by atoms with Crippen LogP contribution in [0.15, 0.2) is 42.0 Å². The van der Waals surface area contributed by atoms with Gasteiger partial charge in [-0.2, -0.15) is 5.26 Å². The summed E-state index contributed by atoms with van der Waals surface area (Å²) in [6, 6.07) is 11.8. The van der Waals surface area contributed by atoms with E-state index in [1.54, 1.807) is 16.8 Å². The Morgan fingerprint density at radius 1 is 1.32 bits per heavy atom. The molecule has 0 unspecified atom stereocenters. The van der Waals surface area contributed by atoms with Crippen LogP contribution in [-0.2, 0) is 6.54 Å². The van der Waals surface area contributed by atoms with Crippen molar-refractivity contribution in [3.8, 4) is 6.07 Å². The van der Waals surface area contributed by atoms with Gasteiger partial charge in [-0.3, -0.25) is 4.98 Å². The molecule has 5 heteroatoms. The predicted octanol–water partition coefficient (Wildman–Crippen LogP) is 3.18. The largest absolute Gasteiger partial charge is 0.364 e. The van der Waals surface area contributed by atoms with Crippen molar-refractivity contribution in [2.24, 2.45) is 0 Å². The van der Waals surface area contributed by atoms with Crippen LogP contribution in [0, 0.1) is 11.3 Å². The number of fused-ring (bicyclic) bond motifs is 1. The molecule has 1 aromatic carbocycles. The molecule has 3 rings (SSSR count). The van der Waals surface area contributed by atoms with Crippen molar-refractivity contribution in [2.45, 2.75) is 6.54 Å². The summed E-state index contributed by atoms with van der Waals surface area (Å²) >= 11 is 1.57. The third-order valence-electron chi connectivity index (χ3n) is 2.76. The maximum absolute atomic E-state index is 9.20. The van der Waals surface area contributed by atoms with E-state index in [9.17, 15) is 5.26 Å². The number of thiazole rings is 1. The maximum Gasteiger partial charge on any atom is 0.144 e. The van der Waals surface area contributed by atoms with Crippen molar-refractivity contribution >= 4 is 28.1 Å². The van der Waals surface area contributed by atoms with E-state index < -0.39 is 0 Å². The first kappa shape index (κ1) is 11.6. The van der Waals surface area contributed by atoms with Crippen molar-refractivity contribution < 1.29 is 0 Å². The lowest BCUT2D eigenvalue weighted by Crippen LogP contribution is -2.02. The number of nitriles is 1. The lowest BCUT2D eigenvalue weighted by molar-refractivity contribution is 1.14. The van der Waals surface area contributed by atoms with E-state index in [4.69, 9.17) is 0 Å². The molecule has 0 bridgehead atoms. The molecule has 19 heavy (non-hydrogen) atoms. The molecule has 0 amide bonds. The van der Waals surface area contributed by atoms with Gasteiger partial charge in [-0.1, -0.05) is 18.2 Å². The summed E-state index contributed by atoms with van der Waals surface area (Å²) in [6.07, 6.45) is 1.81. The molecule has 2 aromatic heterocycles. The van der Waals surface area contributed by atoms with E-state index in [-0.39, 0.29) is 0 Å². The Bertz CT molecular complexity index is 744. The van der Waals surface area contributed by atoms with Gasteiger partial charge in [-0.25, -0.2) is 4.98 Å². The molecule has 0 saturated heterocycles. The van der Waals surface area contributed by atoms with Crippen LogP contribution in [-0.4, -0.2) is 9.97 Å². The Labute approximate surface area is 114 Å². The van der Waals surface area contributed by atoms with E-state index in [1.165, 1.54) is 0 Å². The van der Waals surface area contributed by atoms with Gasteiger partial charge in [-0.05, 0) is 12.1 Å². The highest BCUT2D eigenvalue weighted by molar-refractivity contribution is 7.09. The second-order valence-corrected chi connectivity index (χ2v) is 4.98. The van der Waals surface area contributed by atoms with E-state index >= 15 is 0 Å². The lowest BCUT2D eigenvalue weighted by Gasteiger charge is -2.07. The van der Waals surface area contributed by atoms with Crippen molar-refractivity contribution in [1.29, 1.82) is 5.26 Å². The summed E-state index contributed by atoms with van der Waals surface area (Å²) in [4.78, 5) is 9.63. The minimum absolute atomic E-state index is 0.559. The van der Waals surface area contributed by atoms with Crippen LogP contribution in [0.1, 0.15) is 10.4 Å². The van der Waals surface area contributed by atoms with Crippen molar-refractivity contribution in [1.82, 2.24) is 9.97 Å². The highest BCUT2D eigenvalue weighted by atomic mass is 32.1. The zero-order chi connectivity index (χ0) is 13.1. The quantitative estimate of drug-likeness (QED) is 0.791. The molecule has 4 nitrogen and oxygen atoms in total. The molecular weight excluding hydrogens is 256 g/mol. The SMILES string of the molecule is N#Cc1cc2ccccc2nc1NCc1cncs1. The average Bonchev–Trinajstić information content (AvgIpc) is 2.97. The van der Waals surface area contributed by atoms with Crippen LogP contribution in [0.4, 0.5) is 5.82 Å². The molecule has 0 saturated carbocycles. The number of para-hydroxylation sites is 1. The summed E-state index contributed by atoms with van der Waals surface area (Å²) in [5.41, 5.74) is 3.23. The molecule has 0 atom stereocenters. The van der Waals surface area contributed by atoms with Gasteiger partial charge in [0.25, 0.3) is 0 Å². The number of pyridine rings is 1. The Kier molecular flexibility index (Phi) is 3.09. The normalized spacial score (nSPS) is 10.3. The van der Waals surface area contributed by atoms with E-state index in [2.05, 4.69) is 21.4 Å². The molecule has 0 spiro atoms. The Morgan fingerprint density at radius 3 is 3.00 bits per heavy atom. The first-order chi connectivity index (χ1) is 9.36. The van der Waals surface area contributed by atoms with Gasteiger partial charge in [0, 0.05) is 16.5 Å². The topological polar surface area (TPSA) is 61.6 Å². The molecule has 0 radical (unpaired) electrons. The van der Waals surface area contributed by atoms with Crippen LogP contribution in [0.3, 0.4) is 0 Å². The molecule has 0 fully saturated rings.